The Balaban J connectivity index is 1.34. The Morgan fingerprint density at radius 1 is 1.19 bits per heavy atom. The van der Waals surface area contributed by atoms with Crippen molar-refractivity contribution in [3.8, 4) is 0 Å². The summed E-state index contributed by atoms with van der Waals surface area (Å²) < 4.78 is 0. The molecule has 0 aliphatic heterocycles. The molecule has 4 bridgehead atoms. The molecule has 4 saturated carbocycles. The molecular formula is C18H24N2O. The highest BCUT2D eigenvalue weighted by Crippen LogP contribution is 2.61. The van der Waals surface area contributed by atoms with Gasteiger partial charge in [0.25, 0.3) is 5.91 Å². The molecule has 3 heteroatoms. The highest BCUT2D eigenvalue weighted by atomic mass is 16.1. The molecule has 1 heterocycles. The number of carbonyl (C=O) groups excluding carboxylic acids is 1. The van der Waals surface area contributed by atoms with E-state index >= 15 is 0 Å². The maximum atomic E-state index is 12.1. The SMILES string of the molecule is O=C(NCCC12CC3CC(CC(C3)C1)C2)c1cccnc1. The number of pyridine rings is 1. The largest absolute Gasteiger partial charge is 0.352 e. The molecule has 5 rings (SSSR count). The predicted molar refractivity (Wildman–Crippen MR) is 81.8 cm³/mol. The van der Waals surface area contributed by atoms with Crippen molar-refractivity contribution < 1.29 is 4.79 Å². The van der Waals surface area contributed by atoms with Crippen LogP contribution in [0.5, 0.6) is 0 Å². The molecule has 21 heavy (non-hydrogen) atoms. The van der Waals surface area contributed by atoms with Crippen LogP contribution in [0.4, 0.5) is 0 Å². The highest BCUT2D eigenvalue weighted by molar-refractivity contribution is 5.93. The fourth-order valence-electron chi connectivity index (χ4n) is 5.64. The summed E-state index contributed by atoms with van der Waals surface area (Å²) in [5, 5.41) is 3.09. The van der Waals surface area contributed by atoms with Gasteiger partial charge in [-0.15, -0.1) is 0 Å². The molecule has 3 nitrogen and oxygen atoms in total. The first-order valence-electron chi connectivity index (χ1n) is 8.41. The van der Waals surface area contributed by atoms with Crippen LogP contribution in [0.1, 0.15) is 55.3 Å². The van der Waals surface area contributed by atoms with Gasteiger partial charge in [-0.3, -0.25) is 9.78 Å². The van der Waals surface area contributed by atoms with Crippen LogP contribution in [0.25, 0.3) is 0 Å². The van der Waals surface area contributed by atoms with Gasteiger partial charge in [0.2, 0.25) is 0 Å². The highest BCUT2D eigenvalue weighted by Gasteiger charge is 2.50. The second kappa shape index (κ2) is 5.11. The average molecular weight is 284 g/mol. The van der Waals surface area contributed by atoms with Crippen LogP contribution < -0.4 is 5.32 Å². The molecule has 1 amide bonds. The average Bonchev–Trinajstić information content (AvgIpc) is 2.46. The summed E-state index contributed by atoms with van der Waals surface area (Å²) in [5.74, 6) is 2.99. The van der Waals surface area contributed by atoms with E-state index in [0.29, 0.717) is 11.0 Å². The van der Waals surface area contributed by atoms with Gasteiger partial charge in [0.15, 0.2) is 0 Å². The van der Waals surface area contributed by atoms with Crippen LogP contribution in [0, 0.1) is 23.2 Å². The number of hydrogen-bond acceptors (Lipinski definition) is 2. The number of aromatic nitrogens is 1. The molecule has 0 spiro atoms. The fraction of sp³-hybridized carbons (Fsp3) is 0.667. The van der Waals surface area contributed by atoms with E-state index in [-0.39, 0.29) is 5.91 Å². The van der Waals surface area contributed by atoms with Crippen molar-refractivity contribution in [3.05, 3.63) is 30.1 Å². The molecular weight excluding hydrogens is 260 g/mol. The van der Waals surface area contributed by atoms with Crippen LogP contribution >= 0.6 is 0 Å². The van der Waals surface area contributed by atoms with Crippen molar-refractivity contribution in [2.45, 2.75) is 44.9 Å². The van der Waals surface area contributed by atoms with Gasteiger partial charge in [-0.05, 0) is 80.2 Å². The zero-order valence-electron chi connectivity index (χ0n) is 12.6. The number of nitrogens with zero attached hydrogens (tertiary/aromatic N) is 1. The Morgan fingerprint density at radius 3 is 2.43 bits per heavy atom. The van der Waals surface area contributed by atoms with Gasteiger partial charge in [-0.2, -0.15) is 0 Å². The second-order valence-electron chi connectivity index (χ2n) is 7.67. The number of hydrogen-bond donors (Lipinski definition) is 1. The van der Waals surface area contributed by atoms with Gasteiger partial charge in [-0.1, -0.05) is 0 Å². The van der Waals surface area contributed by atoms with Crippen LogP contribution in [-0.4, -0.2) is 17.4 Å². The minimum absolute atomic E-state index is 0.0211. The Bertz CT molecular complexity index is 490. The van der Waals surface area contributed by atoms with E-state index in [4.69, 9.17) is 0 Å². The minimum atomic E-state index is 0.0211. The summed E-state index contributed by atoms with van der Waals surface area (Å²) in [6.07, 6.45) is 13.2. The summed E-state index contributed by atoms with van der Waals surface area (Å²) in [6.45, 7) is 0.819. The first-order chi connectivity index (χ1) is 10.2. The third kappa shape index (κ3) is 2.58. The molecule has 1 aromatic heterocycles. The van der Waals surface area contributed by atoms with Crippen molar-refractivity contribution in [1.29, 1.82) is 0 Å². The van der Waals surface area contributed by atoms with Crippen LogP contribution in [0.15, 0.2) is 24.5 Å². The van der Waals surface area contributed by atoms with Gasteiger partial charge in [0, 0.05) is 18.9 Å². The molecule has 112 valence electrons. The number of amides is 1. The van der Waals surface area contributed by atoms with E-state index in [9.17, 15) is 4.79 Å². The number of rotatable bonds is 4. The lowest BCUT2D eigenvalue weighted by molar-refractivity contribution is -0.0564. The zero-order valence-corrected chi connectivity index (χ0v) is 12.6. The molecule has 4 aliphatic carbocycles. The standard InChI is InChI=1S/C18H24N2O/c21-17(16-2-1-4-19-12-16)20-5-3-18-9-13-6-14(10-18)8-15(7-13)11-18/h1-2,4,12-15H,3,5-11H2,(H,20,21). The molecule has 0 aromatic carbocycles. The third-order valence-electron chi connectivity index (χ3n) is 6.03. The Hall–Kier alpha value is -1.38. The first-order valence-corrected chi connectivity index (χ1v) is 8.41. The van der Waals surface area contributed by atoms with Crippen molar-refractivity contribution in [2.24, 2.45) is 23.2 Å². The third-order valence-corrected chi connectivity index (χ3v) is 6.03. The molecule has 4 fully saturated rings. The van der Waals surface area contributed by atoms with Crippen molar-refractivity contribution in [3.63, 3.8) is 0 Å². The van der Waals surface area contributed by atoms with Gasteiger partial charge < -0.3 is 5.32 Å². The topological polar surface area (TPSA) is 42.0 Å². The van der Waals surface area contributed by atoms with E-state index in [1.54, 1.807) is 12.4 Å². The monoisotopic (exact) mass is 284 g/mol. The Morgan fingerprint density at radius 2 is 1.86 bits per heavy atom. The molecule has 1 N–H and O–H groups in total. The van der Waals surface area contributed by atoms with E-state index in [2.05, 4.69) is 10.3 Å². The van der Waals surface area contributed by atoms with Crippen molar-refractivity contribution in [1.82, 2.24) is 10.3 Å². The molecule has 0 radical (unpaired) electrons. The maximum absolute atomic E-state index is 12.1. The Kier molecular flexibility index (Phi) is 3.24. The summed E-state index contributed by atoms with van der Waals surface area (Å²) in [5.41, 5.74) is 1.22. The smallest absolute Gasteiger partial charge is 0.252 e. The Labute approximate surface area is 126 Å². The van der Waals surface area contributed by atoms with Gasteiger partial charge in [0.05, 0.1) is 5.56 Å². The molecule has 0 saturated heterocycles. The zero-order chi connectivity index (χ0) is 14.3. The fourth-order valence-corrected chi connectivity index (χ4v) is 5.64. The summed E-state index contributed by atoms with van der Waals surface area (Å²) >= 11 is 0. The molecule has 0 unspecified atom stereocenters. The van der Waals surface area contributed by atoms with Crippen molar-refractivity contribution in [2.75, 3.05) is 6.54 Å². The summed E-state index contributed by atoms with van der Waals surface area (Å²) in [7, 11) is 0. The van der Waals surface area contributed by atoms with E-state index in [1.807, 2.05) is 12.1 Å². The lowest BCUT2D eigenvalue weighted by Gasteiger charge is -2.57. The van der Waals surface area contributed by atoms with Gasteiger partial charge >= 0.3 is 0 Å². The number of carbonyl (C=O) groups is 1. The predicted octanol–water partition coefficient (Wildman–Crippen LogP) is 3.42. The first kappa shape index (κ1) is 13.3. The normalized spacial score (nSPS) is 36.7. The van der Waals surface area contributed by atoms with Crippen LogP contribution in [0.3, 0.4) is 0 Å². The quantitative estimate of drug-likeness (QED) is 0.920. The van der Waals surface area contributed by atoms with E-state index in [0.717, 1.165) is 24.3 Å². The number of nitrogens with one attached hydrogen (secondary N) is 1. The molecule has 4 aliphatic rings. The van der Waals surface area contributed by atoms with E-state index < -0.39 is 0 Å². The second-order valence-corrected chi connectivity index (χ2v) is 7.67. The maximum Gasteiger partial charge on any atom is 0.252 e. The summed E-state index contributed by atoms with van der Waals surface area (Å²) in [4.78, 5) is 16.1. The minimum Gasteiger partial charge on any atom is -0.352 e. The van der Waals surface area contributed by atoms with Crippen LogP contribution in [0.2, 0.25) is 0 Å². The van der Waals surface area contributed by atoms with Crippen LogP contribution in [-0.2, 0) is 0 Å². The lowest BCUT2D eigenvalue weighted by atomic mass is 9.49. The van der Waals surface area contributed by atoms with Gasteiger partial charge in [0.1, 0.15) is 0 Å². The molecule has 1 aromatic rings. The summed E-state index contributed by atoms with van der Waals surface area (Å²) in [6, 6.07) is 3.64. The van der Waals surface area contributed by atoms with E-state index in [1.165, 1.54) is 44.9 Å². The van der Waals surface area contributed by atoms with Gasteiger partial charge in [-0.25, -0.2) is 0 Å². The lowest BCUT2D eigenvalue weighted by Crippen LogP contribution is -2.47. The molecule has 0 atom stereocenters. The van der Waals surface area contributed by atoms with Crippen molar-refractivity contribution >= 4 is 5.91 Å².